The van der Waals surface area contributed by atoms with Crippen LogP contribution in [0.1, 0.15) is 53.9 Å². The van der Waals surface area contributed by atoms with Crippen LogP contribution >= 0.6 is 11.3 Å². The summed E-state index contributed by atoms with van der Waals surface area (Å²) in [7, 11) is 0. The van der Waals surface area contributed by atoms with E-state index in [2.05, 4.69) is 15.6 Å². The van der Waals surface area contributed by atoms with Crippen LogP contribution in [0, 0.1) is 30.1 Å². The van der Waals surface area contributed by atoms with Crippen molar-refractivity contribution in [2.75, 3.05) is 23.8 Å². The molecule has 0 radical (unpaired) electrons. The van der Waals surface area contributed by atoms with Crippen LogP contribution in [0.4, 0.5) is 10.8 Å². The van der Waals surface area contributed by atoms with E-state index in [9.17, 15) is 9.59 Å². The number of aryl methyl sites for hydroxylation is 1. The van der Waals surface area contributed by atoms with E-state index >= 15 is 0 Å². The van der Waals surface area contributed by atoms with E-state index in [1.807, 2.05) is 0 Å². The number of nitrogens with zero attached hydrogens (tertiary/aromatic N) is 1. The number of thiazole rings is 1. The highest BCUT2D eigenvalue weighted by molar-refractivity contribution is 7.17. The first-order valence-corrected chi connectivity index (χ1v) is 12.3. The Bertz CT molecular complexity index is 1060. The third-order valence-electron chi connectivity index (χ3n) is 7.54. The number of rotatable bonds is 4. The van der Waals surface area contributed by atoms with Crippen molar-refractivity contribution in [1.82, 2.24) is 4.98 Å². The normalized spacial score (nSPS) is 29.6. The second-order valence-electron chi connectivity index (χ2n) is 9.90. The minimum absolute atomic E-state index is 0.101. The maximum Gasteiger partial charge on any atom is 0.267 e. The molecular formula is C24H27N3O4S. The van der Waals surface area contributed by atoms with Gasteiger partial charge in [-0.05, 0) is 75.3 Å². The summed E-state index contributed by atoms with van der Waals surface area (Å²) in [4.78, 5) is 31.2. The molecule has 4 saturated carbocycles. The molecule has 0 atom stereocenters. The molecule has 2 N–H and O–H groups in total. The molecule has 2 aromatic rings. The van der Waals surface area contributed by atoms with Gasteiger partial charge in [0.2, 0.25) is 5.91 Å². The Balaban J connectivity index is 1.16. The first-order chi connectivity index (χ1) is 15.5. The van der Waals surface area contributed by atoms with Crippen LogP contribution in [0.3, 0.4) is 0 Å². The number of amides is 2. The highest BCUT2D eigenvalue weighted by atomic mass is 32.1. The average molecular weight is 454 g/mol. The van der Waals surface area contributed by atoms with Crippen LogP contribution in [-0.4, -0.2) is 30.0 Å². The molecule has 0 unspecified atom stereocenters. The molecule has 1 aromatic heterocycles. The number of aromatic nitrogens is 1. The van der Waals surface area contributed by atoms with Crippen LogP contribution in [0.5, 0.6) is 11.5 Å². The number of anilines is 2. The third-order valence-corrected chi connectivity index (χ3v) is 8.61. The van der Waals surface area contributed by atoms with Gasteiger partial charge in [-0.2, -0.15) is 0 Å². The van der Waals surface area contributed by atoms with Crippen LogP contribution in [0.2, 0.25) is 0 Å². The fraction of sp³-hybridized carbons (Fsp3) is 0.542. The molecular weight excluding hydrogens is 426 g/mol. The molecule has 7 rings (SSSR count). The number of carbonyl (C=O) groups is 2. The molecule has 2 amide bonds. The first-order valence-electron chi connectivity index (χ1n) is 11.5. The van der Waals surface area contributed by atoms with E-state index in [1.165, 1.54) is 30.6 Å². The highest BCUT2D eigenvalue weighted by Gasteiger charge is 2.54. The SMILES string of the molecule is Cc1nc(NC(=O)C23CC4CC(CC(C4)C2)C3)sc1C(=O)Nc1ccc2c(c1)OCCO2. The average Bonchev–Trinajstić information content (AvgIpc) is 3.13. The van der Waals surface area contributed by atoms with Crippen LogP contribution in [0.25, 0.3) is 0 Å². The molecule has 168 valence electrons. The Hall–Kier alpha value is -2.61. The quantitative estimate of drug-likeness (QED) is 0.705. The molecule has 32 heavy (non-hydrogen) atoms. The van der Waals surface area contributed by atoms with Crippen LogP contribution in [0.15, 0.2) is 18.2 Å². The van der Waals surface area contributed by atoms with E-state index in [0.717, 1.165) is 19.3 Å². The van der Waals surface area contributed by atoms with Gasteiger partial charge in [0.1, 0.15) is 18.1 Å². The second kappa shape index (κ2) is 7.47. The third kappa shape index (κ3) is 3.45. The molecule has 4 bridgehead atoms. The fourth-order valence-corrected chi connectivity index (χ4v) is 7.44. The van der Waals surface area contributed by atoms with Gasteiger partial charge in [0.05, 0.1) is 11.1 Å². The number of benzene rings is 1. The molecule has 0 saturated heterocycles. The first kappa shape index (κ1) is 20.0. The van der Waals surface area contributed by atoms with Crippen molar-refractivity contribution in [2.45, 2.75) is 45.4 Å². The molecule has 0 spiro atoms. The minimum Gasteiger partial charge on any atom is -0.486 e. The number of hydrogen-bond acceptors (Lipinski definition) is 6. The Kier molecular flexibility index (Phi) is 4.68. The largest absolute Gasteiger partial charge is 0.486 e. The summed E-state index contributed by atoms with van der Waals surface area (Å²) >= 11 is 1.24. The number of nitrogens with one attached hydrogen (secondary N) is 2. The summed E-state index contributed by atoms with van der Waals surface area (Å²) < 4.78 is 11.1. The molecule has 4 fully saturated rings. The van der Waals surface area contributed by atoms with Crippen LogP contribution in [-0.2, 0) is 4.79 Å². The van der Waals surface area contributed by atoms with Gasteiger partial charge in [0, 0.05) is 11.8 Å². The van der Waals surface area contributed by atoms with E-state index in [-0.39, 0.29) is 17.2 Å². The highest BCUT2D eigenvalue weighted by Crippen LogP contribution is 2.60. The zero-order valence-corrected chi connectivity index (χ0v) is 18.9. The van der Waals surface area contributed by atoms with E-state index in [0.29, 0.717) is 63.9 Å². The summed E-state index contributed by atoms with van der Waals surface area (Å²) in [6, 6.07) is 5.34. The second-order valence-corrected chi connectivity index (χ2v) is 10.9. The van der Waals surface area contributed by atoms with Crippen LogP contribution < -0.4 is 20.1 Å². The zero-order valence-electron chi connectivity index (χ0n) is 18.1. The maximum atomic E-state index is 13.3. The van der Waals surface area contributed by atoms with Crippen molar-refractivity contribution in [3.8, 4) is 11.5 Å². The van der Waals surface area contributed by atoms with E-state index < -0.39 is 0 Å². The Morgan fingerprint density at radius 3 is 2.34 bits per heavy atom. The summed E-state index contributed by atoms with van der Waals surface area (Å²) in [5, 5.41) is 6.49. The Labute approximate surface area is 190 Å². The van der Waals surface area contributed by atoms with E-state index in [4.69, 9.17) is 9.47 Å². The van der Waals surface area contributed by atoms with Gasteiger partial charge in [-0.25, -0.2) is 4.98 Å². The molecule has 7 nitrogen and oxygen atoms in total. The van der Waals surface area contributed by atoms with Crippen molar-refractivity contribution >= 4 is 34.0 Å². The summed E-state index contributed by atoms with van der Waals surface area (Å²) in [5.74, 6) is 3.28. The van der Waals surface area contributed by atoms with Gasteiger partial charge >= 0.3 is 0 Å². The number of hydrogen-bond donors (Lipinski definition) is 2. The monoisotopic (exact) mass is 453 g/mol. The van der Waals surface area contributed by atoms with Crippen molar-refractivity contribution in [3.63, 3.8) is 0 Å². The molecule has 4 aliphatic carbocycles. The fourth-order valence-electron chi connectivity index (χ4n) is 6.59. The lowest BCUT2D eigenvalue weighted by Gasteiger charge is -2.55. The standard InChI is InChI=1S/C24H27N3O4S/c1-13-20(21(28)26-17-2-3-18-19(9-17)31-5-4-30-18)32-23(25-13)27-22(29)24-10-14-6-15(11-24)8-16(7-14)12-24/h2-3,9,14-16H,4-8,10-12H2,1H3,(H,26,28)(H,25,27,29). The maximum absolute atomic E-state index is 13.3. The topological polar surface area (TPSA) is 89.6 Å². The summed E-state index contributed by atoms with van der Waals surface area (Å²) in [6.07, 6.45) is 6.92. The molecule has 2 heterocycles. The Morgan fingerprint density at radius 2 is 1.66 bits per heavy atom. The lowest BCUT2D eigenvalue weighted by Crippen LogP contribution is -2.51. The lowest BCUT2D eigenvalue weighted by atomic mass is 9.49. The van der Waals surface area contributed by atoms with Gasteiger partial charge in [-0.15, -0.1) is 0 Å². The van der Waals surface area contributed by atoms with Crippen molar-refractivity contribution in [2.24, 2.45) is 23.2 Å². The number of ether oxygens (including phenoxy) is 2. The van der Waals surface area contributed by atoms with Crippen molar-refractivity contribution in [1.29, 1.82) is 0 Å². The molecule has 8 heteroatoms. The predicted molar refractivity (Wildman–Crippen MR) is 121 cm³/mol. The van der Waals surface area contributed by atoms with Gasteiger partial charge < -0.3 is 20.1 Å². The smallest absolute Gasteiger partial charge is 0.267 e. The van der Waals surface area contributed by atoms with Gasteiger partial charge in [0.25, 0.3) is 5.91 Å². The Morgan fingerprint density at radius 1 is 1.00 bits per heavy atom. The van der Waals surface area contributed by atoms with Gasteiger partial charge in [0.15, 0.2) is 16.6 Å². The molecule has 1 aromatic carbocycles. The van der Waals surface area contributed by atoms with E-state index in [1.54, 1.807) is 25.1 Å². The minimum atomic E-state index is -0.244. The molecule has 1 aliphatic heterocycles. The van der Waals surface area contributed by atoms with Crippen molar-refractivity contribution < 1.29 is 19.1 Å². The predicted octanol–water partition coefficient (Wildman–Crippen LogP) is 4.63. The number of fused-ring (bicyclic) bond motifs is 1. The van der Waals surface area contributed by atoms with Gasteiger partial charge in [-0.3, -0.25) is 9.59 Å². The number of carbonyl (C=O) groups excluding carboxylic acids is 2. The zero-order chi connectivity index (χ0) is 21.9. The summed E-state index contributed by atoms with van der Waals surface area (Å²) in [5.41, 5.74) is 1.01. The lowest BCUT2D eigenvalue weighted by molar-refractivity contribution is -0.140. The van der Waals surface area contributed by atoms with Gasteiger partial charge in [-0.1, -0.05) is 11.3 Å². The van der Waals surface area contributed by atoms with Crippen molar-refractivity contribution in [3.05, 3.63) is 28.8 Å². The molecule has 5 aliphatic rings. The summed E-state index contributed by atoms with van der Waals surface area (Å²) in [6.45, 7) is 2.82.